The minimum absolute atomic E-state index is 0.375. The first kappa shape index (κ1) is 11.7. The highest BCUT2D eigenvalue weighted by molar-refractivity contribution is 9.10. The van der Waals surface area contributed by atoms with E-state index in [2.05, 4.69) is 39.0 Å². The van der Waals surface area contributed by atoms with E-state index in [-0.39, 0.29) is 0 Å². The van der Waals surface area contributed by atoms with E-state index in [0.717, 1.165) is 6.54 Å². The van der Waals surface area contributed by atoms with Gasteiger partial charge in [-0.15, -0.1) is 0 Å². The minimum Gasteiger partial charge on any atom is -0.327 e. The van der Waals surface area contributed by atoms with Crippen molar-refractivity contribution in [3.8, 4) is 0 Å². The Bertz CT molecular complexity index is 419. The second kappa shape index (κ2) is 4.71. The lowest BCUT2D eigenvalue weighted by atomic mass is 10.0. The Labute approximate surface area is 111 Å². The summed E-state index contributed by atoms with van der Waals surface area (Å²) in [5, 5.41) is 0. The summed E-state index contributed by atoms with van der Waals surface area (Å²) in [5.41, 5.74) is 9.12. The summed E-state index contributed by atoms with van der Waals surface area (Å²) < 4.78 is 1.28. The van der Waals surface area contributed by atoms with Crippen LogP contribution in [-0.2, 0) is 6.42 Å². The lowest BCUT2D eigenvalue weighted by Crippen LogP contribution is -2.44. The van der Waals surface area contributed by atoms with Crippen LogP contribution in [0, 0.1) is 0 Å². The highest BCUT2D eigenvalue weighted by Crippen LogP contribution is 2.39. The second-order valence-electron chi connectivity index (χ2n) is 5.26. The molecule has 1 fully saturated rings. The minimum atomic E-state index is 0.375. The zero-order valence-electron chi connectivity index (χ0n) is 10.0. The number of fused-ring (bicyclic) bond motifs is 1. The van der Waals surface area contributed by atoms with E-state index in [0.29, 0.717) is 12.1 Å². The third-order valence-corrected chi connectivity index (χ3v) is 4.85. The van der Waals surface area contributed by atoms with Crippen LogP contribution in [0.5, 0.6) is 0 Å². The molecule has 3 rings (SSSR count). The predicted octanol–water partition coefficient (Wildman–Crippen LogP) is 2.86. The van der Waals surface area contributed by atoms with Gasteiger partial charge in [0.1, 0.15) is 0 Å². The first-order valence-electron chi connectivity index (χ1n) is 6.52. The molecule has 2 atom stereocenters. The maximum absolute atomic E-state index is 6.09. The molecular formula is C14H19BrN2. The van der Waals surface area contributed by atoms with Gasteiger partial charge >= 0.3 is 0 Å². The fourth-order valence-electron chi connectivity index (χ4n) is 3.29. The molecule has 1 aromatic carbocycles. The smallest absolute Gasteiger partial charge is 0.0355 e. The number of rotatable bonds is 1. The van der Waals surface area contributed by atoms with Gasteiger partial charge in [-0.25, -0.2) is 0 Å². The largest absolute Gasteiger partial charge is 0.327 e. The van der Waals surface area contributed by atoms with E-state index in [1.165, 1.54) is 47.8 Å². The zero-order chi connectivity index (χ0) is 11.8. The summed E-state index contributed by atoms with van der Waals surface area (Å²) in [6, 6.07) is 7.58. The van der Waals surface area contributed by atoms with Gasteiger partial charge in [0.2, 0.25) is 0 Å². The van der Waals surface area contributed by atoms with Gasteiger partial charge in [-0.2, -0.15) is 0 Å². The van der Waals surface area contributed by atoms with Crippen molar-refractivity contribution in [3.05, 3.63) is 33.8 Å². The van der Waals surface area contributed by atoms with Crippen LogP contribution in [0.15, 0.2) is 22.7 Å². The fraction of sp³-hybridized carbons (Fsp3) is 0.571. The quantitative estimate of drug-likeness (QED) is 0.863. The van der Waals surface area contributed by atoms with Crippen molar-refractivity contribution in [3.63, 3.8) is 0 Å². The summed E-state index contributed by atoms with van der Waals surface area (Å²) in [5.74, 6) is 0. The Morgan fingerprint density at radius 1 is 1.29 bits per heavy atom. The van der Waals surface area contributed by atoms with Gasteiger partial charge in [-0.05, 0) is 49.4 Å². The molecule has 2 nitrogen and oxygen atoms in total. The average molecular weight is 295 g/mol. The van der Waals surface area contributed by atoms with E-state index in [4.69, 9.17) is 5.73 Å². The standard InChI is InChI=1S/C14H19BrN2/c15-13-5-1-4-12-11(13)6-7-14(12)17-8-2-3-10(16)9-17/h1,4-5,10,14H,2-3,6-9,16H2. The van der Waals surface area contributed by atoms with Crippen molar-refractivity contribution in [2.24, 2.45) is 5.73 Å². The highest BCUT2D eigenvalue weighted by Gasteiger charge is 2.31. The lowest BCUT2D eigenvalue weighted by Gasteiger charge is -2.35. The monoisotopic (exact) mass is 294 g/mol. The molecule has 92 valence electrons. The molecule has 1 saturated heterocycles. The van der Waals surface area contributed by atoms with E-state index in [9.17, 15) is 0 Å². The lowest BCUT2D eigenvalue weighted by molar-refractivity contribution is 0.149. The predicted molar refractivity (Wildman–Crippen MR) is 74.0 cm³/mol. The van der Waals surface area contributed by atoms with Crippen LogP contribution in [0.25, 0.3) is 0 Å². The molecule has 1 aliphatic carbocycles. The molecular weight excluding hydrogens is 276 g/mol. The fourth-order valence-corrected chi connectivity index (χ4v) is 3.87. The van der Waals surface area contributed by atoms with Crippen LogP contribution in [0.3, 0.4) is 0 Å². The summed E-state index contributed by atoms with van der Waals surface area (Å²) in [7, 11) is 0. The van der Waals surface area contributed by atoms with E-state index >= 15 is 0 Å². The molecule has 1 aromatic rings. The molecule has 0 amide bonds. The third kappa shape index (κ3) is 2.16. The number of piperidine rings is 1. The van der Waals surface area contributed by atoms with Gasteiger partial charge in [-0.3, -0.25) is 4.90 Å². The molecule has 17 heavy (non-hydrogen) atoms. The number of hydrogen-bond donors (Lipinski definition) is 1. The van der Waals surface area contributed by atoms with Crippen LogP contribution in [-0.4, -0.2) is 24.0 Å². The van der Waals surface area contributed by atoms with Gasteiger partial charge in [0, 0.05) is 23.1 Å². The Kier molecular flexibility index (Phi) is 3.24. The molecule has 0 spiro atoms. The molecule has 1 aliphatic heterocycles. The van der Waals surface area contributed by atoms with Crippen molar-refractivity contribution in [2.75, 3.05) is 13.1 Å². The normalized spacial score (nSPS) is 29.3. The third-order valence-electron chi connectivity index (χ3n) is 4.11. The van der Waals surface area contributed by atoms with Crippen LogP contribution in [0.2, 0.25) is 0 Å². The Morgan fingerprint density at radius 3 is 3.00 bits per heavy atom. The average Bonchev–Trinajstić information content (AvgIpc) is 2.74. The first-order chi connectivity index (χ1) is 8.25. The zero-order valence-corrected chi connectivity index (χ0v) is 11.6. The van der Waals surface area contributed by atoms with Crippen molar-refractivity contribution < 1.29 is 0 Å². The Morgan fingerprint density at radius 2 is 2.18 bits per heavy atom. The number of halogens is 1. The summed E-state index contributed by atoms with van der Waals surface area (Å²) in [6.07, 6.45) is 4.90. The summed E-state index contributed by atoms with van der Waals surface area (Å²) in [4.78, 5) is 2.59. The van der Waals surface area contributed by atoms with Gasteiger partial charge in [0.25, 0.3) is 0 Å². The number of nitrogens with two attached hydrogens (primary N) is 1. The van der Waals surface area contributed by atoms with E-state index in [1.54, 1.807) is 0 Å². The summed E-state index contributed by atoms with van der Waals surface area (Å²) >= 11 is 3.67. The number of likely N-dealkylation sites (tertiary alicyclic amines) is 1. The van der Waals surface area contributed by atoms with Crippen LogP contribution < -0.4 is 5.73 Å². The van der Waals surface area contributed by atoms with Gasteiger partial charge in [0.15, 0.2) is 0 Å². The van der Waals surface area contributed by atoms with Gasteiger partial charge in [0.05, 0.1) is 0 Å². The Hall–Kier alpha value is -0.380. The molecule has 0 aromatic heterocycles. The Balaban J connectivity index is 1.85. The molecule has 2 N–H and O–H groups in total. The highest BCUT2D eigenvalue weighted by atomic mass is 79.9. The van der Waals surface area contributed by atoms with Crippen LogP contribution in [0.1, 0.15) is 36.4 Å². The van der Waals surface area contributed by atoms with E-state index < -0.39 is 0 Å². The van der Waals surface area contributed by atoms with Gasteiger partial charge in [-0.1, -0.05) is 28.1 Å². The van der Waals surface area contributed by atoms with Crippen molar-refractivity contribution in [2.45, 2.75) is 37.8 Å². The molecule has 2 unspecified atom stereocenters. The maximum Gasteiger partial charge on any atom is 0.0355 e. The first-order valence-corrected chi connectivity index (χ1v) is 7.32. The number of benzene rings is 1. The van der Waals surface area contributed by atoms with Crippen molar-refractivity contribution >= 4 is 15.9 Å². The van der Waals surface area contributed by atoms with E-state index in [1.807, 2.05) is 0 Å². The van der Waals surface area contributed by atoms with Crippen molar-refractivity contribution in [1.29, 1.82) is 0 Å². The topological polar surface area (TPSA) is 29.3 Å². The second-order valence-corrected chi connectivity index (χ2v) is 6.11. The van der Waals surface area contributed by atoms with Crippen LogP contribution in [0.4, 0.5) is 0 Å². The number of hydrogen-bond acceptors (Lipinski definition) is 2. The van der Waals surface area contributed by atoms with Gasteiger partial charge < -0.3 is 5.73 Å². The molecule has 3 heteroatoms. The maximum atomic E-state index is 6.09. The molecule has 2 aliphatic rings. The van der Waals surface area contributed by atoms with Crippen molar-refractivity contribution in [1.82, 2.24) is 4.90 Å². The van der Waals surface area contributed by atoms with Crippen LogP contribution >= 0.6 is 15.9 Å². The molecule has 0 bridgehead atoms. The molecule has 1 heterocycles. The molecule has 0 radical (unpaired) electrons. The SMILES string of the molecule is NC1CCCN(C2CCc3c(Br)cccc32)C1. The number of nitrogens with zero attached hydrogens (tertiary/aromatic N) is 1. The molecule has 0 saturated carbocycles. The summed E-state index contributed by atoms with van der Waals surface area (Å²) in [6.45, 7) is 2.28.